The van der Waals surface area contributed by atoms with Gasteiger partial charge in [0.1, 0.15) is 0 Å². The highest BCUT2D eigenvalue weighted by molar-refractivity contribution is 7.89. The topological polar surface area (TPSA) is 152 Å². The lowest BCUT2D eigenvalue weighted by atomic mass is 9.95. The van der Waals surface area contributed by atoms with Crippen LogP contribution in [-0.2, 0) is 21.9 Å². The van der Waals surface area contributed by atoms with Gasteiger partial charge in [-0.25, -0.2) is 23.2 Å². The lowest BCUT2D eigenvalue weighted by molar-refractivity contribution is -0.120. The van der Waals surface area contributed by atoms with Gasteiger partial charge in [-0.15, -0.1) is 0 Å². The zero-order valence-corrected chi connectivity index (χ0v) is 32.8. The number of piperidine rings is 2. The molecule has 0 unspecified atom stereocenters. The lowest BCUT2D eigenvalue weighted by Gasteiger charge is -2.43. The molecule has 0 bridgehead atoms. The van der Waals surface area contributed by atoms with E-state index in [4.69, 9.17) is 11.6 Å². The minimum atomic E-state index is -3.62. The predicted molar refractivity (Wildman–Crippen MR) is 213 cm³/mol. The van der Waals surface area contributed by atoms with Crippen molar-refractivity contribution in [2.24, 2.45) is 13.0 Å². The van der Waals surface area contributed by atoms with Crippen LogP contribution in [-0.4, -0.2) is 120 Å². The van der Waals surface area contributed by atoms with Crippen molar-refractivity contribution in [3.8, 4) is 0 Å². The third-order valence-corrected chi connectivity index (χ3v) is 13.6. The second-order valence-electron chi connectivity index (χ2n) is 15.2. The van der Waals surface area contributed by atoms with Gasteiger partial charge in [0.2, 0.25) is 21.9 Å². The summed E-state index contributed by atoms with van der Waals surface area (Å²) >= 11 is 5.90. The van der Waals surface area contributed by atoms with Gasteiger partial charge in [0, 0.05) is 101 Å². The number of nitrogens with one attached hydrogen (secondary N) is 2. The van der Waals surface area contributed by atoms with Gasteiger partial charge < -0.3 is 15.1 Å². The number of halogens is 1. The number of piperazine rings is 1. The largest absolute Gasteiger partial charge is 0.371 e. The first-order chi connectivity index (χ1) is 26.5. The van der Waals surface area contributed by atoms with E-state index in [1.165, 1.54) is 0 Å². The van der Waals surface area contributed by atoms with Crippen LogP contribution in [0.4, 0.5) is 27.9 Å². The molecular weight excluding hydrogens is 742 g/mol. The molecule has 8 rings (SSSR count). The van der Waals surface area contributed by atoms with Gasteiger partial charge >= 0.3 is 6.03 Å². The highest BCUT2D eigenvalue weighted by Crippen LogP contribution is 2.33. The molecule has 4 aromatic rings. The monoisotopic (exact) mass is 789 g/mol. The van der Waals surface area contributed by atoms with Crippen molar-refractivity contribution in [2.45, 2.75) is 56.0 Å². The minimum absolute atomic E-state index is 0.0945. The molecule has 4 aliphatic rings. The van der Waals surface area contributed by atoms with Crippen molar-refractivity contribution >= 4 is 67.6 Å². The van der Waals surface area contributed by atoms with E-state index in [0.29, 0.717) is 66.1 Å². The molecular formula is C38H48ClN11O4S. The molecule has 0 saturated carbocycles. The van der Waals surface area contributed by atoms with Crippen molar-refractivity contribution in [2.75, 3.05) is 78.9 Å². The van der Waals surface area contributed by atoms with E-state index < -0.39 is 16.1 Å². The molecule has 2 aromatic heterocycles. The Bertz CT molecular complexity index is 2150. The summed E-state index contributed by atoms with van der Waals surface area (Å²) < 4.78 is 30.8. The van der Waals surface area contributed by atoms with Crippen LogP contribution in [0.25, 0.3) is 10.9 Å². The second kappa shape index (κ2) is 15.6. The predicted octanol–water partition coefficient (Wildman–Crippen LogP) is 4.16. The van der Waals surface area contributed by atoms with Gasteiger partial charge in [0.25, 0.3) is 0 Å². The van der Waals surface area contributed by atoms with Gasteiger partial charge in [-0.2, -0.15) is 9.40 Å². The number of carbonyl (C=O) groups is 2. The van der Waals surface area contributed by atoms with Gasteiger partial charge in [0.05, 0.1) is 27.8 Å². The Morgan fingerprint density at radius 3 is 2.40 bits per heavy atom. The third kappa shape index (κ3) is 7.95. The molecule has 2 N–H and O–H groups in total. The van der Waals surface area contributed by atoms with Crippen LogP contribution >= 0.6 is 11.6 Å². The number of aromatic nitrogens is 4. The summed E-state index contributed by atoms with van der Waals surface area (Å²) in [6.07, 6.45) is 6.81. The number of carbonyl (C=O) groups excluding carboxylic acids is 2. The van der Waals surface area contributed by atoms with Crippen LogP contribution < -0.4 is 25.3 Å². The summed E-state index contributed by atoms with van der Waals surface area (Å²) in [5.74, 6) is 1.39. The van der Waals surface area contributed by atoms with Crippen molar-refractivity contribution in [3.05, 3.63) is 59.9 Å². The second-order valence-corrected chi connectivity index (χ2v) is 17.6. The van der Waals surface area contributed by atoms with Gasteiger partial charge in [-0.05, 0) is 74.9 Å². The number of amides is 3. The Morgan fingerprint density at radius 2 is 1.67 bits per heavy atom. The van der Waals surface area contributed by atoms with Gasteiger partial charge in [-0.1, -0.05) is 17.7 Å². The number of urea groups is 1. The van der Waals surface area contributed by atoms with Crippen LogP contribution in [0, 0.1) is 5.92 Å². The number of nitrogens with zero attached hydrogens (tertiary/aromatic N) is 9. The van der Waals surface area contributed by atoms with E-state index in [-0.39, 0.29) is 18.4 Å². The van der Waals surface area contributed by atoms with E-state index >= 15 is 0 Å². The fraction of sp³-hybridized carbons (Fsp3) is 0.500. The first-order valence-electron chi connectivity index (χ1n) is 19.2. The van der Waals surface area contributed by atoms with Crippen molar-refractivity contribution in [3.63, 3.8) is 0 Å². The van der Waals surface area contributed by atoms with E-state index in [9.17, 15) is 18.0 Å². The molecule has 1 atom stereocenters. The zero-order valence-electron chi connectivity index (χ0n) is 31.3. The first kappa shape index (κ1) is 37.4. The summed E-state index contributed by atoms with van der Waals surface area (Å²) in [6, 6.07) is 13.7. The molecule has 0 spiro atoms. The Balaban J connectivity index is 0.823. The Labute approximate surface area is 326 Å². The van der Waals surface area contributed by atoms with E-state index in [1.807, 2.05) is 36.0 Å². The molecule has 6 heterocycles. The summed E-state index contributed by atoms with van der Waals surface area (Å²) in [4.78, 5) is 41.9. The fourth-order valence-corrected chi connectivity index (χ4v) is 10.1. The van der Waals surface area contributed by atoms with E-state index in [2.05, 4.69) is 59.5 Å². The number of benzene rings is 2. The minimum Gasteiger partial charge on any atom is -0.371 e. The van der Waals surface area contributed by atoms with Crippen LogP contribution in [0.3, 0.4) is 0 Å². The number of hydrogen-bond donors (Lipinski definition) is 2. The number of fused-ring (bicyclic) bond motifs is 1. The highest BCUT2D eigenvalue weighted by Gasteiger charge is 2.32. The van der Waals surface area contributed by atoms with Gasteiger partial charge in [0.15, 0.2) is 5.82 Å². The molecule has 55 heavy (non-hydrogen) atoms. The normalized spacial score (nSPS) is 21.4. The average Bonchev–Trinajstić information content (AvgIpc) is 3.51. The van der Waals surface area contributed by atoms with E-state index in [1.54, 1.807) is 27.7 Å². The fourth-order valence-electron chi connectivity index (χ4n) is 8.49. The summed E-state index contributed by atoms with van der Waals surface area (Å²) in [5, 5.41) is 11.7. The molecule has 0 radical (unpaired) electrons. The van der Waals surface area contributed by atoms with E-state index in [0.717, 1.165) is 74.4 Å². The standard InChI is InChI=1S/C38H48ClN11O4S/c1-26-24-46(18-19-49(26)31-6-7-33-34(21-31)45(2)44-36(33)50-17-12-35(51)43-38(50)52)25-27-8-13-47(14-9-27)30-4-3-5-32(20-30)55(53,54)48-15-10-29(11-16-48)42-37-40-22-28(39)23-41-37/h3-7,20-23,26-27,29H,8-19,24-25H2,1-2H3,(H,40,41,42)(H,43,51,52)/t26-/m0/s1. The quantitative estimate of drug-likeness (QED) is 0.252. The summed E-state index contributed by atoms with van der Waals surface area (Å²) in [6.45, 7) is 9.17. The molecule has 0 aliphatic carbocycles. The number of anilines is 4. The maximum absolute atomic E-state index is 13.7. The smallest absolute Gasteiger partial charge is 0.329 e. The number of aryl methyl sites for hydroxylation is 1. The number of sulfonamides is 1. The van der Waals surface area contributed by atoms with Gasteiger partial charge in [-0.3, -0.25) is 24.6 Å². The van der Waals surface area contributed by atoms with Crippen LogP contribution in [0.15, 0.2) is 59.8 Å². The number of imide groups is 1. The number of hydrogen-bond acceptors (Lipinski definition) is 11. The molecule has 4 saturated heterocycles. The molecule has 292 valence electrons. The SMILES string of the molecule is C[C@H]1CN(CC2CCN(c3cccc(S(=O)(=O)N4CCC(Nc5ncc(Cl)cn5)CC4)c3)CC2)CCN1c1ccc2c(N3CCC(=O)NC3=O)nn(C)c2c1. The molecule has 3 amide bonds. The lowest BCUT2D eigenvalue weighted by Crippen LogP contribution is -2.53. The van der Waals surface area contributed by atoms with Crippen LogP contribution in [0.1, 0.15) is 39.0 Å². The highest BCUT2D eigenvalue weighted by atomic mass is 35.5. The Hall–Kier alpha value is -4.51. The van der Waals surface area contributed by atoms with Crippen LogP contribution in [0.2, 0.25) is 5.02 Å². The van der Waals surface area contributed by atoms with Crippen LogP contribution in [0.5, 0.6) is 0 Å². The molecule has 17 heteroatoms. The maximum atomic E-state index is 13.7. The molecule has 4 aliphatic heterocycles. The Morgan fingerprint density at radius 1 is 0.909 bits per heavy atom. The van der Waals surface area contributed by atoms with Crippen molar-refractivity contribution < 1.29 is 18.0 Å². The molecule has 2 aromatic carbocycles. The third-order valence-electron chi connectivity index (χ3n) is 11.5. The number of rotatable bonds is 9. The maximum Gasteiger partial charge on any atom is 0.329 e. The Kier molecular flexibility index (Phi) is 10.6. The zero-order chi connectivity index (χ0) is 38.3. The molecule has 15 nitrogen and oxygen atoms in total. The average molecular weight is 790 g/mol. The van der Waals surface area contributed by atoms with Crippen molar-refractivity contribution in [1.29, 1.82) is 0 Å². The van der Waals surface area contributed by atoms with Crippen molar-refractivity contribution in [1.82, 2.24) is 34.3 Å². The summed E-state index contributed by atoms with van der Waals surface area (Å²) in [5.41, 5.74) is 3.04. The summed E-state index contributed by atoms with van der Waals surface area (Å²) in [7, 11) is -1.73. The first-order valence-corrected chi connectivity index (χ1v) is 21.0. The molecule has 4 fully saturated rings.